The number of carbonyl (C=O) groups excluding carboxylic acids is 2. The molecule has 188 valence electrons. The van der Waals surface area contributed by atoms with Crippen LogP contribution in [0.1, 0.15) is 57.6 Å². The predicted octanol–water partition coefficient (Wildman–Crippen LogP) is 4.49. The third-order valence-electron chi connectivity index (χ3n) is 8.81. The first kappa shape index (κ1) is 25.4. The van der Waals surface area contributed by atoms with Gasteiger partial charge in [-0.05, 0) is 60.0 Å². The number of nitrogens with one attached hydrogen (secondary N) is 2. The fourth-order valence-electron chi connectivity index (χ4n) is 6.68. The van der Waals surface area contributed by atoms with E-state index < -0.39 is 6.10 Å². The molecule has 7 atom stereocenters. The Balaban J connectivity index is 1.39. The minimum absolute atomic E-state index is 0.00215. The average Bonchev–Trinajstić information content (AvgIpc) is 2.85. The number of aliphatic hydroxyl groups excluding tert-OH is 1. The van der Waals surface area contributed by atoms with Gasteiger partial charge in [0, 0.05) is 18.5 Å². The van der Waals surface area contributed by atoms with E-state index in [0.717, 1.165) is 36.8 Å². The molecule has 5 heteroatoms. The lowest BCUT2D eigenvalue weighted by Crippen LogP contribution is -2.58. The fourth-order valence-corrected chi connectivity index (χ4v) is 6.68. The van der Waals surface area contributed by atoms with Gasteiger partial charge in [-0.2, -0.15) is 0 Å². The smallest absolute Gasteiger partial charge is 0.224 e. The summed E-state index contributed by atoms with van der Waals surface area (Å²) in [5.74, 6) is -0.110. The maximum atomic E-state index is 13.0. The summed E-state index contributed by atoms with van der Waals surface area (Å²) in [5, 5.41) is 17.9. The van der Waals surface area contributed by atoms with Gasteiger partial charge in [0.1, 0.15) is 0 Å². The second-order valence-electron chi connectivity index (χ2n) is 11.1. The van der Waals surface area contributed by atoms with Crippen LogP contribution >= 0.6 is 0 Å². The summed E-state index contributed by atoms with van der Waals surface area (Å²) in [5.41, 5.74) is 2.11. The Labute approximate surface area is 209 Å². The number of benzene rings is 2. The van der Waals surface area contributed by atoms with Crippen LogP contribution in [0.2, 0.25) is 0 Å². The Bertz CT molecular complexity index is 995. The molecule has 2 fully saturated rings. The molecule has 0 aromatic heterocycles. The molecule has 7 unspecified atom stereocenters. The normalized spacial score (nSPS) is 31.1. The molecule has 5 nitrogen and oxygen atoms in total. The average molecular weight is 477 g/mol. The van der Waals surface area contributed by atoms with E-state index in [9.17, 15) is 14.7 Å². The van der Waals surface area contributed by atoms with Crippen molar-refractivity contribution >= 4 is 11.8 Å². The molecular formula is C30H40N2O3. The second-order valence-corrected chi connectivity index (χ2v) is 11.1. The monoisotopic (exact) mass is 476 g/mol. The van der Waals surface area contributed by atoms with Crippen LogP contribution in [0.4, 0.5) is 0 Å². The largest absolute Gasteiger partial charge is 0.392 e. The van der Waals surface area contributed by atoms with Crippen molar-refractivity contribution in [2.75, 3.05) is 0 Å². The van der Waals surface area contributed by atoms with E-state index in [1.807, 2.05) is 67.6 Å². The second kappa shape index (κ2) is 10.9. The van der Waals surface area contributed by atoms with Gasteiger partial charge in [-0.25, -0.2) is 0 Å². The van der Waals surface area contributed by atoms with Crippen molar-refractivity contribution < 1.29 is 14.7 Å². The van der Waals surface area contributed by atoms with Crippen LogP contribution in [-0.2, 0) is 22.6 Å². The molecular weight excluding hydrogens is 436 g/mol. The van der Waals surface area contributed by atoms with E-state index in [2.05, 4.69) is 24.5 Å². The molecule has 0 heterocycles. The lowest BCUT2D eigenvalue weighted by molar-refractivity contribution is -0.143. The Morgan fingerprint density at radius 1 is 1.00 bits per heavy atom. The van der Waals surface area contributed by atoms with Crippen molar-refractivity contribution in [3.05, 3.63) is 71.8 Å². The van der Waals surface area contributed by atoms with E-state index in [1.165, 1.54) is 0 Å². The highest BCUT2D eigenvalue weighted by Crippen LogP contribution is 2.55. The molecule has 0 spiro atoms. The Morgan fingerprint density at radius 3 is 2.26 bits per heavy atom. The summed E-state index contributed by atoms with van der Waals surface area (Å²) >= 11 is 0. The van der Waals surface area contributed by atoms with Crippen LogP contribution in [0.5, 0.6) is 0 Å². The van der Waals surface area contributed by atoms with Gasteiger partial charge in [0.05, 0.1) is 12.5 Å². The zero-order chi connectivity index (χ0) is 25.0. The highest BCUT2D eigenvalue weighted by Gasteiger charge is 2.53. The van der Waals surface area contributed by atoms with Crippen LogP contribution in [0.25, 0.3) is 0 Å². The number of fused-ring (bicyclic) bond motifs is 1. The van der Waals surface area contributed by atoms with Gasteiger partial charge in [-0.1, -0.05) is 81.4 Å². The molecule has 0 bridgehead atoms. The van der Waals surface area contributed by atoms with Crippen molar-refractivity contribution in [1.82, 2.24) is 10.6 Å². The van der Waals surface area contributed by atoms with Crippen LogP contribution in [0, 0.1) is 29.1 Å². The topological polar surface area (TPSA) is 78.4 Å². The SMILES string of the molecule is CC(C(=O)NCc1ccccc1)C1CCC2(C)CCC(NC(=O)Cc3ccccc3)C(C)C2C1O. The van der Waals surface area contributed by atoms with Crippen molar-refractivity contribution in [3.63, 3.8) is 0 Å². The maximum Gasteiger partial charge on any atom is 0.224 e. The standard InChI is InChI=1S/C30H40N2O3/c1-20(29(35)31-19-23-12-8-5-9-13-23)24-14-16-30(3)17-15-25(21(2)27(30)28(24)34)32-26(33)18-22-10-6-4-7-11-22/h4-13,20-21,24-25,27-28,34H,14-19H2,1-3H3,(H,31,35)(H,32,33). The highest BCUT2D eigenvalue weighted by molar-refractivity contribution is 5.79. The van der Waals surface area contributed by atoms with Crippen LogP contribution in [0.15, 0.2) is 60.7 Å². The van der Waals surface area contributed by atoms with Crippen LogP contribution in [-0.4, -0.2) is 29.1 Å². The quantitative estimate of drug-likeness (QED) is 0.551. The van der Waals surface area contributed by atoms with E-state index in [1.54, 1.807) is 0 Å². The minimum atomic E-state index is -0.560. The number of rotatable bonds is 7. The number of carbonyl (C=O) groups is 2. The third kappa shape index (κ3) is 5.78. The summed E-state index contributed by atoms with van der Waals surface area (Å²) < 4.78 is 0. The van der Waals surface area contributed by atoms with Gasteiger partial charge in [-0.15, -0.1) is 0 Å². The summed E-state index contributed by atoms with van der Waals surface area (Å²) in [6, 6.07) is 19.7. The van der Waals surface area contributed by atoms with Gasteiger partial charge >= 0.3 is 0 Å². The molecule has 0 radical (unpaired) electrons. The van der Waals surface area contributed by atoms with E-state index in [4.69, 9.17) is 0 Å². The predicted molar refractivity (Wildman–Crippen MR) is 138 cm³/mol. The molecule has 35 heavy (non-hydrogen) atoms. The van der Waals surface area contributed by atoms with Crippen molar-refractivity contribution in [2.24, 2.45) is 29.1 Å². The first-order chi connectivity index (χ1) is 16.8. The lowest BCUT2D eigenvalue weighted by Gasteiger charge is -2.56. The highest BCUT2D eigenvalue weighted by atomic mass is 16.3. The molecule has 2 aromatic rings. The van der Waals surface area contributed by atoms with Crippen molar-refractivity contribution in [2.45, 2.75) is 71.6 Å². The van der Waals surface area contributed by atoms with Crippen molar-refractivity contribution in [1.29, 1.82) is 0 Å². The van der Waals surface area contributed by atoms with Crippen molar-refractivity contribution in [3.8, 4) is 0 Å². The Morgan fingerprint density at radius 2 is 1.60 bits per heavy atom. The summed E-state index contributed by atoms with van der Waals surface area (Å²) in [6.07, 6.45) is 3.58. The minimum Gasteiger partial charge on any atom is -0.392 e. The molecule has 0 saturated heterocycles. The van der Waals surface area contributed by atoms with E-state index in [0.29, 0.717) is 13.0 Å². The summed E-state index contributed by atoms with van der Waals surface area (Å²) in [4.78, 5) is 25.8. The van der Waals surface area contributed by atoms with Crippen LogP contribution in [0.3, 0.4) is 0 Å². The number of amides is 2. The van der Waals surface area contributed by atoms with Gasteiger partial charge in [0.25, 0.3) is 0 Å². The first-order valence-electron chi connectivity index (χ1n) is 13.1. The summed E-state index contributed by atoms with van der Waals surface area (Å²) in [7, 11) is 0. The molecule has 2 aliphatic carbocycles. The van der Waals surface area contributed by atoms with Gasteiger partial charge < -0.3 is 15.7 Å². The molecule has 2 amide bonds. The summed E-state index contributed by atoms with van der Waals surface area (Å²) in [6.45, 7) is 6.90. The Hall–Kier alpha value is -2.66. The molecule has 2 aromatic carbocycles. The lowest BCUT2D eigenvalue weighted by atomic mass is 9.51. The molecule has 3 N–H and O–H groups in total. The number of hydrogen-bond acceptors (Lipinski definition) is 3. The molecule has 4 rings (SSSR count). The zero-order valence-electron chi connectivity index (χ0n) is 21.2. The van der Waals surface area contributed by atoms with E-state index >= 15 is 0 Å². The molecule has 0 aliphatic heterocycles. The molecule has 2 saturated carbocycles. The molecule has 2 aliphatic rings. The third-order valence-corrected chi connectivity index (χ3v) is 8.81. The fraction of sp³-hybridized carbons (Fsp3) is 0.533. The van der Waals surface area contributed by atoms with Gasteiger partial charge in [-0.3, -0.25) is 9.59 Å². The first-order valence-corrected chi connectivity index (χ1v) is 13.1. The number of aliphatic hydroxyl groups is 1. The van der Waals surface area contributed by atoms with Gasteiger partial charge in [0.2, 0.25) is 11.8 Å². The van der Waals surface area contributed by atoms with E-state index in [-0.39, 0.29) is 46.9 Å². The van der Waals surface area contributed by atoms with Crippen LogP contribution < -0.4 is 10.6 Å². The maximum absolute atomic E-state index is 13.0. The zero-order valence-corrected chi connectivity index (χ0v) is 21.2. The van der Waals surface area contributed by atoms with Gasteiger partial charge in [0.15, 0.2) is 0 Å². The number of hydrogen-bond donors (Lipinski definition) is 3. The Kier molecular flexibility index (Phi) is 7.95.